The third kappa shape index (κ3) is 7.18. The van der Waals surface area contributed by atoms with Crippen LogP contribution in [0.2, 0.25) is 0 Å². The second kappa shape index (κ2) is 12.5. The lowest BCUT2D eigenvalue weighted by atomic mass is 9.91. The second-order valence-electron chi connectivity index (χ2n) is 12.6. The summed E-state index contributed by atoms with van der Waals surface area (Å²) in [5, 5.41) is 21.5. The number of pyridine rings is 2. The van der Waals surface area contributed by atoms with Crippen LogP contribution < -0.4 is 10.6 Å². The maximum absolute atomic E-state index is 13.0. The number of halogens is 3. The van der Waals surface area contributed by atoms with Crippen LogP contribution in [0, 0.1) is 0 Å². The number of anilines is 1. The Morgan fingerprint density at radius 3 is 2.49 bits per heavy atom. The van der Waals surface area contributed by atoms with Crippen LogP contribution in [0.1, 0.15) is 84.2 Å². The van der Waals surface area contributed by atoms with Gasteiger partial charge in [-0.15, -0.1) is 0 Å². The van der Waals surface area contributed by atoms with Gasteiger partial charge in [0, 0.05) is 67.5 Å². The first kappa shape index (κ1) is 32.3. The number of imide groups is 1. The molecule has 3 amide bonds. The molecule has 1 atom stereocenters. The summed E-state index contributed by atoms with van der Waals surface area (Å²) < 4.78 is 40.7. The van der Waals surface area contributed by atoms with Crippen molar-refractivity contribution in [2.45, 2.75) is 69.8 Å². The van der Waals surface area contributed by atoms with Crippen LogP contribution in [-0.2, 0) is 27.9 Å². The number of piperidine rings is 2. The van der Waals surface area contributed by atoms with Crippen LogP contribution >= 0.6 is 0 Å². The quantitative estimate of drug-likeness (QED) is 0.245. The highest BCUT2D eigenvalue weighted by Crippen LogP contribution is 2.34. The molecule has 0 saturated carbocycles. The van der Waals surface area contributed by atoms with E-state index < -0.39 is 23.4 Å². The molecule has 4 aromatic rings. The Morgan fingerprint density at radius 1 is 1.06 bits per heavy atom. The van der Waals surface area contributed by atoms with Crippen molar-refractivity contribution in [3.63, 3.8) is 0 Å². The number of hydrogen-bond acceptors (Lipinski definition) is 8. The van der Waals surface area contributed by atoms with Crippen molar-refractivity contribution in [2.24, 2.45) is 0 Å². The maximum Gasteiger partial charge on any atom is 0.433 e. The summed E-state index contributed by atoms with van der Waals surface area (Å²) in [5.74, 6) is -1.57. The van der Waals surface area contributed by atoms with E-state index in [1.54, 1.807) is 38.4 Å². The van der Waals surface area contributed by atoms with Gasteiger partial charge in [-0.25, -0.2) is 0 Å². The van der Waals surface area contributed by atoms with Crippen LogP contribution in [0.5, 0.6) is 0 Å². The topological polar surface area (TPSA) is 142 Å². The van der Waals surface area contributed by atoms with Gasteiger partial charge < -0.3 is 10.4 Å². The smallest absolute Gasteiger partial charge is 0.386 e. The van der Waals surface area contributed by atoms with Gasteiger partial charge in [0.15, 0.2) is 0 Å². The van der Waals surface area contributed by atoms with Crippen LogP contribution in [0.15, 0.2) is 55.1 Å². The predicted molar refractivity (Wildman–Crippen MR) is 165 cm³/mol. The van der Waals surface area contributed by atoms with Crippen molar-refractivity contribution in [1.82, 2.24) is 30.0 Å². The van der Waals surface area contributed by atoms with Gasteiger partial charge in [-0.05, 0) is 68.5 Å². The highest BCUT2D eigenvalue weighted by molar-refractivity contribution is 6.05. The van der Waals surface area contributed by atoms with E-state index in [0.29, 0.717) is 36.2 Å². The predicted octanol–water partition coefficient (Wildman–Crippen LogP) is 4.68. The molecule has 1 unspecified atom stereocenters. The molecule has 0 bridgehead atoms. The number of rotatable bonds is 7. The first-order valence-corrected chi connectivity index (χ1v) is 15.3. The summed E-state index contributed by atoms with van der Waals surface area (Å²) >= 11 is 0. The number of alkyl halides is 3. The molecule has 3 aromatic heterocycles. The largest absolute Gasteiger partial charge is 0.433 e. The molecule has 6 rings (SSSR count). The first-order valence-electron chi connectivity index (χ1n) is 15.3. The van der Waals surface area contributed by atoms with Gasteiger partial charge in [-0.3, -0.25) is 39.3 Å². The van der Waals surface area contributed by atoms with E-state index in [1.165, 1.54) is 0 Å². The zero-order chi connectivity index (χ0) is 33.5. The molecular formula is C33H34F3N7O4. The van der Waals surface area contributed by atoms with Gasteiger partial charge >= 0.3 is 6.18 Å². The number of fused-ring (bicyclic) bond motifs is 1. The molecule has 0 aliphatic carbocycles. The van der Waals surface area contributed by atoms with Gasteiger partial charge in [-0.2, -0.15) is 18.3 Å². The molecule has 246 valence electrons. The molecule has 1 aromatic carbocycles. The van der Waals surface area contributed by atoms with Crippen LogP contribution in [0.3, 0.4) is 0 Å². The molecule has 5 heterocycles. The van der Waals surface area contributed by atoms with E-state index in [9.17, 15) is 32.7 Å². The van der Waals surface area contributed by atoms with E-state index in [0.717, 1.165) is 60.8 Å². The maximum atomic E-state index is 13.0. The van der Waals surface area contributed by atoms with Gasteiger partial charge in [-0.1, -0.05) is 6.07 Å². The number of carbonyl (C=O) groups is 3. The van der Waals surface area contributed by atoms with Crippen molar-refractivity contribution < 1.29 is 32.7 Å². The first-order chi connectivity index (χ1) is 22.2. The molecule has 3 N–H and O–H groups in total. The molecule has 0 spiro atoms. The van der Waals surface area contributed by atoms with Crippen molar-refractivity contribution in [1.29, 1.82) is 0 Å². The zero-order valence-electron chi connectivity index (χ0n) is 25.8. The summed E-state index contributed by atoms with van der Waals surface area (Å²) in [7, 11) is 0. The monoisotopic (exact) mass is 649 g/mol. The number of aliphatic hydroxyl groups is 1. The van der Waals surface area contributed by atoms with Gasteiger partial charge in [0.2, 0.25) is 11.8 Å². The van der Waals surface area contributed by atoms with Crippen LogP contribution in [-0.4, -0.2) is 60.6 Å². The number of likely N-dealkylation sites (tertiary alicyclic amines) is 1. The molecule has 2 aliphatic heterocycles. The third-order valence-corrected chi connectivity index (χ3v) is 8.68. The average Bonchev–Trinajstić information content (AvgIpc) is 3.43. The van der Waals surface area contributed by atoms with Crippen molar-refractivity contribution in [3.05, 3.63) is 83.1 Å². The molecular weight excluding hydrogens is 615 g/mol. The van der Waals surface area contributed by atoms with Crippen molar-refractivity contribution >= 4 is 34.3 Å². The molecule has 14 heteroatoms. The zero-order valence-corrected chi connectivity index (χ0v) is 25.8. The number of amides is 3. The van der Waals surface area contributed by atoms with Gasteiger partial charge in [0.1, 0.15) is 5.69 Å². The lowest BCUT2D eigenvalue weighted by Crippen LogP contribution is -2.39. The number of nitrogens with one attached hydrogen (secondary N) is 2. The lowest BCUT2D eigenvalue weighted by molar-refractivity contribution is -0.141. The highest BCUT2D eigenvalue weighted by atomic mass is 19.4. The molecule has 2 aliphatic rings. The SMILES string of the molecule is CC(C)(O)c1cc2nn(C3CCN(Cc4cncc(C5CCC(=O)NC5=O)c4)CC3)cc2cc1NC(=O)c1ccc(C(F)(F)F)nc1. The molecule has 2 fully saturated rings. The minimum Gasteiger partial charge on any atom is -0.386 e. The van der Waals surface area contributed by atoms with Crippen LogP contribution in [0.4, 0.5) is 18.9 Å². The minimum absolute atomic E-state index is 0.0549. The van der Waals surface area contributed by atoms with Gasteiger partial charge in [0.25, 0.3) is 5.91 Å². The summed E-state index contributed by atoms with van der Waals surface area (Å²) in [6, 6.07) is 7.34. The van der Waals surface area contributed by atoms with E-state index in [1.807, 2.05) is 16.9 Å². The fourth-order valence-electron chi connectivity index (χ4n) is 6.17. The number of benzene rings is 1. The summed E-state index contributed by atoms with van der Waals surface area (Å²) in [5.41, 5.74) is 0.662. The number of nitrogens with zero attached hydrogens (tertiary/aromatic N) is 5. The van der Waals surface area contributed by atoms with Crippen molar-refractivity contribution in [3.8, 4) is 0 Å². The van der Waals surface area contributed by atoms with Crippen LogP contribution in [0.25, 0.3) is 10.9 Å². The van der Waals surface area contributed by atoms with Gasteiger partial charge in [0.05, 0.1) is 28.6 Å². The van der Waals surface area contributed by atoms with E-state index >= 15 is 0 Å². The second-order valence-corrected chi connectivity index (χ2v) is 12.6. The highest BCUT2D eigenvalue weighted by Gasteiger charge is 2.33. The Labute approximate surface area is 268 Å². The fourth-order valence-corrected chi connectivity index (χ4v) is 6.17. The number of hydrogen-bond donors (Lipinski definition) is 3. The average molecular weight is 650 g/mol. The van der Waals surface area contributed by atoms with E-state index in [4.69, 9.17) is 5.10 Å². The lowest BCUT2D eigenvalue weighted by Gasteiger charge is -2.32. The summed E-state index contributed by atoms with van der Waals surface area (Å²) in [6.45, 7) is 5.44. The Morgan fingerprint density at radius 2 is 1.83 bits per heavy atom. The molecule has 0 radical (unpaired) electrons. The summed E-state index contributed by atoms with van der Waals surface area (Å²) in [6.07, 6.45) is 4.08. The Hall–Kier alpha value is -4.69. The number of carbonyl (C=O) groups excluding carboxylic acids is 3. The fraction of sp³-hybridized carbons (Fsp3) is 0.394. The Kier molecular flexibility index (Phi) is 8.57. The third-order valence-electron chi connectivity index (χ3n) is 8.68. The van der Waals surface area contributed by atoms with E-state index in [2.05, 4.69) is 25.5 Å². The Balaban J connectivity index is 1.13. The molecule has 2 saturated heterocycles. The van der Waals surface area contributed by atoms with E-state index in [-0.39, 0.29) is 29.3 Å². The standard InChI is InChI=1S/C33H34F3N7O4/c1-32(2,47)25-13-26-22(12-27(25)39-30(45)20-3-5-28(38-16-20)33(34,35)36)18-43(41-26)23-7-9-42(10-8-23)17-19-11-21(15-37-14-19)24-4-6-29(44)40-31(24)46/h3,5,11-16,18,23-24,47H,4,6-10,17H2,1-2H3,(H,39,45)(H,40,44,46). The van der Waals surface area contributed by atoms with Crippen molar-refractivity contribution in [2.75, 3.05) is 18.4 Å². The molecule has 11 nitrogen and oxygen atoms in total. The normalized spacial score (nSPS) is 18.4. The Bertz CT molecular complexity index is 1820. The molecule has 47 heavy (non-hydrogen) atoms. The minimum atomic E-state index is -4.62. The number of aromatic nitrogens is 4. The summed E-state index contributed by atoms with van der Waals surface area (Å²) in [4.78, 5) is 46.9.